The molecule has 0 saturated heterocycles. The van der Waals surface area contributed by atoms with Crippen molar-refractivity contribution in [3.63, 3.8) is 0 Å². The van der Waals surface area contributed by atoms with Gasteiger partial charge in [-0.1, -0.05) is 25.3 Å². The van der Waals surface area contributed by atoms with Gasteiger partial charge in [0.1, 0.15) is 0 Å². The van der Waals surface area contributed by atoms with Crippen molar-refractivity contribution >= 4 is 15.9 Å². The van der Waals surface area contributed by atoms with Crippen molar-refractivity contribution in [3.8, 4) is 0 Å². The van der Waals surface area contributed by atoms with Crippen molar-refractivity contribution in [2.75, 3.05) is 13.6 Å². The molecule has 1 aromatic carbocycles. The van der Waals surface area contributed by atoms with Crippen LogP contribution < -0.4 is 4.72 Å². The number of hydrogen-bond donors (Lipinski definition) is 1. The zero-order valence-corrected chi connectivity index (χ0v) is 16.5. The third-order valence-electron chi connectivity index (χ3n) is 5.78. The summed E-state index contributed by atoms with van der Waals surface area (Å²) in [6.45, 7) is 0.148. The number of benzene rings is 1. The van der Waals surface area contributed by atoms with Gasteiger partial charge in [0.05, 0.1) is 4.90 Å². The average Bonchev–Trinajstić information content (AvgIpc) is 2.67. The highest BCUT2D eigenvalue weighted by Gasteiger charge is 2.23. The van der Waals surface area contributed by atoms with Crippen molar-refractivity contribution in [3.05, 3.63) is 29.3 Å². The Kier molecular flexibility index (Phi) is 6.35. The lowest BCUT2D eigenvalue weighted by atomic mass is 9.92. The van der Waals surface area contributed by atoms with Crippen LogP contribution >= 0.6 is 0 Å². The Labute approximate surface area is 157 Å². The van der Waals surface area contributed by atoms with E-state index in [-0.39, 0.29) is 18.9 Å². The summed E-state index contributed by atoms with van der Waals surface area (Å²) in [6.07, 6.45) is 10.2. The summed E-state index contributed by atoms with van der Waals surface area (Å²) in [5.74, 6) is 0.0186. The Balaban J connectivity index is 1.54. The zero-order chi connectivity index (χ0) is 18.6. The second kappa shape index (κ2) is 8.53. The van der Waals surface area contributed by atoms with E-state index in [0.29, 0.717) is 10.9 Å². The van der Waals surface area contributed by atoms with Gasteiger partial charge in [-0.2, -0.15) is 0 Å². The standard InChI is InChI=1S/C20H30N2O3S/c1-22(18-9-3-2-4-10-18)20(23)13-14-21-26(24,25)19-12-11-16-7-5-6-8-17(16)15-19/h11-12,15,18,21H,2-10,13-14H2,1H3. The van der Waals surface area contributed by atoms with Gasteiger partial charge in [0.15, 0.2) is 0 Å². The molecule has 144 valence electrons. The van der Waals surface area contributed by atoms with E-state index in [1.807, 2.05) is 18.0 Å². The Morgan fingerprint density at radius 1 is 1.08 bits per heavy atom. The predicted octanol–water partition coefficient (Wildman–Crippen LogP) is 3.02. The van der Waals surface area contributed by atoms with Crippen molar-refractivity contribution in [2.45, 2.75) is 75.1 Å². The highest BCUT2D eigenvalue weighted by Crippen LogP contribution is 2.24. The van der Waals surface area contributed by atoms with Crippen LogP contribution in [0.25, 0.3) is 0 Å². The van der Waals surface area contributed by atoms with Gasteiger partial charge in [0.2, 0.25) is 15.9 Å². The van der Waals surface area contributed by atoms with Crippen LogP contribution in [0, 0.1) is 0 Å². The molecule has 0 aromatic heterocycles. The van der Waals surface area contributed by atoms with Crippen LogP contribution in [0.15, 0.2) is 23.1 Å². The van der Waals surface area contributed by atoms with Gasteiger partial charge in [0.25, 0.3) is 0 Å². The summed E-state index contributed by atoms with van der Waals surface area (Å²) in [7, 11) is -1.72. The molecule has 6 heteroatoms. The summed E-state index contributed by atoms with van der Waals surface area (Å²) >= 11 is 0. The topological polar surface area (TPSA) is 66.5 Å². The average molecular weight is 379 g/mol. The second-order valence-corrected chi connectivity index (χ2v) is 9.35. The van der Waals surface area contributed by atoms with Crippen molar-refractivity contribution < 1.29 is 13.2 Å². The number of carbonyl (C=O) groups is 1. The summed E-state index contributed by atoms with van der Waals surface area (Å²) in [5, 5.41) is 0. The molecule has 26 heavy (non-hydrogen) atoms. The molecular formula is C20H30N2O3S. The van der Waals surface area contributed by atoms with E-state index in [1.165, 1.54) is 31.2 Å². The molecule has 1 amide bonds. The van der Waals surface area contributed by atoms with Crippen LogP contribution in [-0.4, -0.2) is 38.9 Å². The van der Waals surface area contributed by atoms with Crippen molar-refractivity contribution in [1.82, 2.24) is 9.62 Å². The molecule has 0 spiro atoms. The van der Waals surface area contributed by atoms with Gasteiger partial charge in [-0.25, -0.2) is 13.1 Å². The van der Waals surface area contributed by atoms with Gasteiger partial charge in [0, 0.05) is 26.1 Å². The normalized spacial score (nSPS) is 18.3. The first-order chi connectivity index (χ1) is 12.5. The number of nitrogens with zero attached hydrogens (tertiary/aromatic N) is 1. The van der Waals surface area contributed by atoms with E-state index in [0.717, 1.165) is 37.7 Å². The third kappa shape index (κ3) is 4.65. The SMILES string of the molecule is CN(C(=O)CCNS(=O)(=O)c1ccc2c(c1)CCCC2)C1CCCCC1. The monoisotopic (exact) mass is 378 g/mol. The van der Waals surface area contributed by atoms with Crippen LogP contribution in [-0.2, 0) is 27.7 Å². The minimum absolute atomic E-state index is 0.0186. The quantitative estimate of drug-likeness (QED) is 0.827. The van der Waals surface area contributed by atoms with Crippen LogP contribution in [0.5, 0.6) is 0 Å². The number of carbonyl (C=O) groups excluding carboxylic acids is 1. The molecule has 0 radical (unpaired) electrons. The number of nitrogens with one attached hydrogen (secondary N) is 1. The van der Waals surface area contributed by atoms with Gasteiger partial charge >= 0.3 is 0 Å². The molecule has 5 nitrogen and oxygen atoms in total. The molecule has 0 heterocycles. The van der Waals surface area contributed by atoms with Crippen LogP contribution in [0.1, 0.15) is 62.5 Å². The lowest BCUT2D eigenvalue weighted by Crippen LogP contribution is -2.39. The number of amides is 1. The maximum absolute atomic E-state index is 12.5. The predicted molar refractivity (Wildman–Crippen MR) is 103 cm³/mol. The lowest BCUT2D eigenvalue weighted by Gasteiger charge is -2.31. The number of aryl methyl sites for hydroxylation is 2. The van der Waals surface area contributed by atoms with Crippen LogP contribution in [0.2, 0.25) is 0 Å². The molecule has 2 aliphatic carbocycles. The van der Waals surface area contributed by atoms with Crippen molar-refractivity contribution in [1.29, 1.82) is 0 Å². The maximum atomic E-state index is 12.5. The van der Waals surface area contributed by atoms with E-state index in [9.17, 15) is 13.2 Å². The van der Waals surface area contributed by atoms with E-state index in [1.54, 1.807) is 12.1 Å². The fraction of sp³-hybridized carbons (Fsp3) is 0.650. The number of fused-ring (bicyclic) bond motifs is 1. The number of rotatable bonds is 6. The summed E-state index contributed by atoms with van der Waals surface area (Å²) in [6, 6.07) is 5.73. The molecule has 0 aliphatic heterocycles. The van der Waals surface area contributed by atoms with E-state index >= 15 is 0 Å². The molecule has 1 saturated carbocycles. The number of hydrogen-bond acceptors (Lipinski definition) is 3. The summed E-state index contributed by atoms with van der Waals surface area (Å²) < 4.78 is 27.7. The molecule has 0 unspecified atom stereocenters. The molecular weight excluding hydrogens is 348 g/mol. The Hall–Kier alpha value is -1.40. The summed E-state index contributed by atoms with van der Waals surface area (Å²) in [4.78, 5) is 14.5. The van der Waals surface area contributed by atoms with Gasteiger partial charge < -0.3 is 4.90 Å². The largest absolute Gasteiger partial charge is 0.343 e. The lowest BCUT2D eigenvalue weighted by molar-refractivity contribution is -0.132. The Morgan fingerprint density at radius 2 is 1.77 bits per heavy atom. The fourth-order valence-electron chi connectivity index (χ4n) is 4.10. The minimum Gasteiger partial charge on any atom is -0.343 e. The van der Waals surface area contributed by atoms with E-state index < -0.39 is 10.0 Å². The summed E-state index contributed by atoms with van der Waals surface area (Å²) in [5.41, 5.74) is 2.41. The van der Waals surface area contributed by atoms with E-state index in [2.05, 4.69) is 4.72 Å². The van der Waals surface area contributed by atoms with Gasteiger partial charge in [-0.3, -0.25) is 4.79 Å². The molecule has 1 N–H and O–H groups in total. The van der Waals surface area contributed by atoms with Crippen molar-refractivity contribution in [2.24, 2.45) is 0 Å². The fourth-order valence-corrected chi connectivity index (χ4v) is 5.18. The smallest absolute Gasteiger partial charge is 0.240 e. The van der Waals surface area contributed by atoms with Crippen LogP contribution in [0.3, 0.4) is 0 Å². The first-order valence-electron chi connectivity index (χ1n) is 9.84. The van der Waals surface area contributed by atoms with Gasteiger partial charge in [-0.15, -0.1) is 0 Å². The molecule has 1 aromatic rings. The van der Waals surface area contributed by atoms with E-state index in [4.69, 9.17) is 0 Å². The molecule has 0 atom stereocenters. The maximum Gasteiger partial charge on any atom is 0.240 e. The first kappa shape index (κ1) is 19.4. The Morgan fingerprint density at radius 3 is 2.50 bits per heavy atom. The molecule has 2 aliphatic rings. The third-order valence-corrected chi connectivity index (χ3v) is 7.24. The zero-order valence-electron chi connectivity index (χ0n) is 15.7. The van der Waals surface area contributed by atoms with Gasteiger partial charge in [-0.05, 0) is 61.8 Å². The Bertz CT molecular complexity index is 739. The first-order valence-corrected chi connectivity index (χ1v) is 11.3. The highest BCUT2D eigenvalue weighted by molar-refractivity contribution is 7.89. The molecule has 1 fully saturated rings. The number of sulfonamides is 1. The highest BCUT2D eigenvalue weighted by atomic mass is 32.2. The minimum atomic E-state index is -3.56. The molecule has 0 bridgehead atoms. The molecule has 3 rings (SSSR count). The van der Waals surface area contributed by atoms with Crippen LogP contribution in [0.4, 0.5) is 0 Å². The second-order valence-electron chi connectivity index (χ2n) is 7.58.